The number of aromatic nitrogens is 1. The second kappa shape index (κ2) is 12.3. The third-order valence-electron chi connectivity index (χ3n) is 6.33. The van der Waals surface area contributed by atoms with Gasteiger partial charge in [0, 0.05) is 0 Å². The number of esters is 1. The van der Waals surface area contributed by atoms with Gasteiger partial charge in [-0.2, -0.15) is 0 Å². The third-order valence-corrected chi connectivity index (χ3v) is 8.68. The first-order valence-corrected chi connectivity index (χ1v) is 14.8. The zero-order valence-electron chi connectivity index (χ0n) is 21.8. The van der Waals surface area contributed by atoms with Crippen molar-refractivity contribution in [3.8, 4) is 5.75 Å². The van der Waals surface area contributed by atoms with Crippen molar-refractivity contribution in [3.05, 3.63) is 129 Å². The molecule has 0 amide bonds. The number of thiazole rings is 1. The van der Waals surface area contributed by atoms with Gasteiger partial charge in [0.15, 0.2) is 4.80 Å². The summed E-state index contributed by atoms with van der Waals surface area (Å²) >= 11 is 16.8. The lowest BCUT2D eigenvalue weighted by atomic mass is 9.96. The zero-order valence-corrected chi connectivity index (χ0v) is 25.7. The van der Waals surface area contributed by atoms with Crippen LogP contribution in [0.5, 0.6) is 5.75 Å². The third kappa shape index (κ3) is 6.18. The van der Waals surface area contributed by atoms with E-state index >= 15 is 0 Å². The molecule has 210 valence electrons. The number of fused-ring (bicyclic) bond motifs is 1. The van der Waals surface area contributed by atoms with Crippen LogP contribution >= 0.6 is 50.5 Å². The maximum atomic E-state index is 13.7. The maximum absolute atomic E-state index is 13.7. The number of allylic oxidation sites excluding steroid dienone is 1. The Balaban J connectivity index is 1.50. The summed E-state index contributed by atoms with van der Waals surface area (Å²) in [6.07, 6.45) is 1.75. The van der Waals surface area contributed by atoms with E-state index in [-0.39, 0.29) is 17.7 Å². The number of hydrogen-bond acceptors (Lipinski definition) is 6. The molecule has 3 aromatic carbocycles. The molecule has 1 atom stereocenters. The van der Waals surface area contributed by atoms with Crippen LogP contribution in [0.2, 0.25) is 10.0 Å². The second-order valence-corrected chi connectivity index (χ2v) is 11.8. The lowest BCUT2D eigenvalue weighted by Crippen LogP contribution is -2.39. The molecule has 1 aromatic heterocycles. The molecule has 0 radical (unpaired) electrons. The van der Waals surface area contributed by atoms with E-state index in [4.69, 9.17) is 32.7 Å². The first-order chi connectivity index (χ1) is 19.7. The average Bonchev–Trinajstić information content (AvgIpc) is 3.24. The molecule has 0 fully saturated rings. The van der Waals surface area contributed by atoms with Crippen molar-refractivity contribution in [3.63, 3.8) is 0 Å². The largest absolute Gasteiger partial charge is 0.488 e. The summed E-state index contributed by atoms with van der Waals surface area (Å²) < 4.78 is 27.5. The van der Waals surface area contributed by atoms with E-state index in [0.717, 1.165) is 11.1 Å². The summed E-state index contributed by atoms with van der Waals surface area (Å²) in [5, 5.41) is 0.928. The first kappa shape index (κ1) is 29.3. The Bertz CT molecular complexity index is 1870. The van der Waals surface area contributed by atoms with E-state index in [1.807, 2.05) is 18.2 Å². The van der Waals surface area contributed by atoms with Gasteiger partial charge in [0.25, 0.3) is 5.56 Å². The van der Waals surface area contributed by atoms with Gasteiger partial charge in [0.05, 0.1) is 43.0 Å². The molecule has 2 heterocycles. The molecule has 6 nitrogen and oxygen atoms in total. The molecule has 1 aliphatic rings. The minimum atomic E-state index is -0.808. The summed E-state index contributed by atoms with van der Waals surface area (Å²) in [6, 6.07) is 15.7. The summed E-state index contributed by atoms with van der Waals surface area (Å²) in [5.74, 6) is -0.382. The molecule has 0 saturated carbocycles. The van der Waals surface area contributed by atoms with Gasteiger partial charge in [0.2, 0.25) is 0 Å². The first-order valence-electron chi connectivity index (χ1n) is 12.5. The molecular formula is C30H22BrCl2FN2O4S. The molecule has 4 aromatic rings. The van der Waals surface area contributed by atoms with Crippen LogP contribution in [0.1, 0.15) is 36.6 Å². The highest BCUT2D eigenvalue weighted by Crippen LogP contribution is 2.31. The van der Waals surface area contributed by atoms with Gasteiger partial charge in [-0.15, -0.1) is 0 Å². The highest BCUT2D eigenvalue weighted by molar-refractivity contribution is 9.10. The molecule has 0 N–H and O–H groups in total. The molecule has 0 spiro atoms. The van der Waals surface area contributed by atoms with E-state index in [0.29, 0.717) is 47.5 Å². The quantitative estimate of drug-likeness (QED) is 0.208. The summed E-state index contributed by atoms with van der Waals surface area (Å²) in [7, 11) is 0. The van der Waals surface area contributed by atoms with Crippen molar-refractivity contribution < 1.29 is 18.7 Å². The minimum absolute atomic E-state index is 0.165. The van der Waals surface area contributed by atoms with Crippen molar-refractivity contribution in [2.45, 2.75) is 26.5 Å². The van der Waals surface area contributed by atoms with E-state index in [1.165, 1.54) is 28.0 Å². The average molecular weight is 676 g/mol. The number of nitrogens with zero attached hydrogens (tertiary/aromatic N) is 2. The van der Waals surface area contributed by atoms with Gasteiger partial charge < -0.3 is 9.47 Å². The predicted octanol–water partition coefficient (Wildman–Crippen LogP) is 6.59. The Labute approximate surface area is 257 Å². The number of halogens is 4. The van der Waals surface area contributed by atoms with Crippen LogP contribution in [0, 0.1) is 5.82 Å². The normalized spacial score (nSPS) is 15.0. The molecule has 0 unspecified atom stereocenters. The van der Waals surface area contributed by atoms with Gasteiger partial charge in [0.1, 0.15) is 18.2 Å². The Hall–Kier alpha value is -3.24. The van der Waals surface area contributed by atoms with E-state index in [9.17, 15) is 14.0 Å². The summed E-state index contributed by atoms with van der Waals surface area (Å²) in [6.45, 7) is 3.86. The second-order valence-electron chi connectivity index (χ2n) is 9.08. The summed E-state index contributed by atoms with van der Waals surface area (Å²) in [4.78, 5) is 31.7. The standard InChI is InChI=1S/C30H22BrCl2FN2O4S/c1-3-39-29(38)26-16(2)35-30-36(27(26)19-6-8-20(34)9-7-19)28(37)25(41-30)14-17-5-11-24(21(31)12-17)40-15-18-4-10-22(32)23(33)13-18/h4-14,27H,3,15H2,1-2H3/b25-14-/t27-/m1/s1. The molecule has 11 heteroatoms. The van der Waals surface area contributed by atoms with Gasteiger partial charge >= 0.3 is 5.97 Å². The molecule has 0 bridgehead atoms. The fourth-order valence-electron chi connectivity index (χ4n) is 4.42. The van der Waals surface area contributed by atoms with Crippen molar-refractivity contribution in [1.82, 2.24) is 4.57 Å². The lowest BCUT2D eigenvalue weighted by molar-refractivity contribution is -0.139. The Morgan fingerprint density at radius 1 is 1.12 bits per heavy atom. The minimum Gasteiger partial charge on any atom is -0.488 e. The van der Waals surface area contributed by atoms with E-state index in [2.05, 4.69) is 20.9 Å². The molecular weight excluding hydrogens is 654 g/mol. The smallest absolute Gasteiger partial charge is 0.338 e. The predicted molar refractivity (Wildman–Crippen MR) is 162 cm³/mol. The van der Waals surface area contributed by atoms with Crippen LogP contribution in [-0.4, -0.2) is 17.1 Å². The Morgan fingerprint density at radius 2 is 1.88 bits per heavy atom. The number of carbonyl (C=O) groups excluding carboxylic acids is 1. The highest BCUT2D eigenvalue weighted by atomic mass is 79.9. The van der Waals surface area contributed by atoms with Gasteiger partial charge in [-0.05, 0) is 88.9 Å². The van der Waals surface area contributed by atoms with Gasteiger partial charge in [-0.3, -0.25) is 9.36 Å². The van der Waals surface area contributed by atoms with E-state index in [1.54, 1.807) is 50.3 Å². The number of rotatable bonds is 7. The fraction of sp³-hybridized carbons (Fsp3) is 0.167. The van der Waals surface area contributed by atoms with Crippen molar-refractivity contribution >= 4 is 62.5 Å². The number of ether oxygens (including phenoxy) is 2. The zero-order chi connectivity index (χ0) is 29.3. The van der Waals surface area contributed by atoms with Crippen LogP contribution in [0.25, 0.3) is 6.08 Å². The molecule has 5 rings (SSSR count). The fourth-order valence-corrected chi connectivity index (χ4v) is 6.30. The van der Waals surface area contributed by atoms with Gasteiger partial charge in [-0.1, -0.05) is 58.8 Å². The maximum Gasteiger partial charge on any atom is 0.338 e. The molecule has 41 heavy (non-hydrogen) atoms. The Kier molecular flexibility index (Phi) is 8.79. The lowest BCUT2D eigenvalue weighted by Gasteiger charge is -2.24. The van der Waals surface area contributed by atoms with Crippen LogP contribution in [0.4, 0.5) is 4.39 Å². The summed E-state index contributed by atoms with van der Waals surface area (Å²) in [5.41, 5.74) is 2.55. The topological polar surface area (TPSA) is 69.9 Å². The van der Waals surface area contributed by atoms with Crippen LogP contribution in [-0.2, 0) is 16.1 Å². The number of hydrogen-bond donors (Lipinski definition) is 0. The Morgan fingerprint density at radius 3 is 2.56 bits per heavy atom. The van der Waals surface area contributed by atoms with E-state index < -0.39 is 17.8 Å². The SMILES string of the molecule is CCOC(=O)C1=C(C)N=c2s/c(=C\c3ccc(OCc4ccc(Cl)c(Cl)c4)c(Br)c3)c(=O)n2[C@@H]1c1ccc(F)cc1. The van der Waals surface area contributed by atoms with Crippen molar-refractivity contribution in [2.75, 3.05) is 6.61 Å². The molecule has 0 aliphatic carbocycles. The number of carbonyl (C=O) groups is 1. The van der Waals surface area contributed by atoms with Crippen molar-refractivity contribution in [1.29, 1.82) is 0 Å². The van der Waals surface area contributed by atoms with Crippen LogP contribution in [0.3, 0.4) is 0 Å². The van der Waals surface area contributed by atoms with Crippen molar-refractivity contribution in [2.24, 2.45) is 4.99 Å². The van der Waals surface area contributed by atoms with Gasteiger partial charge in [-0.25, -0.2) is 14.2 Å². The molecule has 1 aliphatic heterocycles. The number of benzene rings is 3. The molecule has 0 saturated heterocycles. The van der Waals surface area contributed by atoms with Crippen LogP contribution in [0.15, 0.2) is 86.2 Å². The monoisotopic (exact) mass is 674 g/mol. The highest BCUT2D eigenvalue weighted by Gasteiger charge is 2.33. The van der Waals surface area contributed by atoms with Crippen LogP contribution < -0.4 is 19.6 Å².